The third kappa shape index (κ3) is 3.84. The van der Waals surface area contributed by atoms with Crippen molar-refractivity contribution < 1.29 is 31.7 Å². The van der Waals surface area contributed by atoms with Gasteiger partial charge in [0.25, 0.3) is 5.91 Å². The fourth-order valence-electron chi connectivity index (χ4n) is 2.45. The van der Waals surface area contributed by atoms with Crippen LogP contribution in [0.1, 0.15) is 19.3 Å². The molecule has 2 atom stereocenters. The van der Waals surface area contributed by atoms with E-state index < -0.39 is 34.4 Å². The summed E-state index contributed by atoms with van der Waals surface area (Å²) < 4.78 is 34.4. The van der Waals surface area contributed by atoms with Crippen LogP contribution in [0.15, 0.2) is 0 Å². The average Bonchev–Trinajstić information content (AvgIpc) is 2.67. The fraction of sp³-hybridized carbons (Fsp3) is 0.800. The number of nitrogens with two attached hydrogens (primary N) is 1. The van der Waals surface area contributed by atoms with Gasteiger partial charge in [0.15, 0.2) is 0 Å². The van der Waals surface area contributed by atoms with Gasteiger partial charge in [-0.3, -0.25) is 14.2 Å². The average molecular weight is 338 g/mol. The fourth-order valence-corrected chi connectivity index (χ4v) is 2.84. The monoisotopic (exact) mass is 338 g/mol. The summed E-state index contributed by atoms with van der Waals surface area (Å²) in [6.07, 6.45) is 1.26. The zero-order valence-corrected chi connectivity index (χ0v) is 12.5. The highest BCUT2D eigenvalue weighted by molar-refractivity contribution is 7.80. The van der Waals surface area contributed by atoms with Crippen LogP contribution in [0.25, 0.3) is 0 Å². The minimum absolute atomic E-state index is 0.134. The van der Waals surface area contributed by atoms with Crippen LogP contribution in [0, 0.1) is 0 Å². The van der Waals surface area contributed by atoms with Gasteiger partial charge in [-0.1, -0.05) is 0 Å². The van der Waals surface area contributed by atoms with Crippen LogP contribution in [0.3, 0.4) is 0 Å². The van der Waals surface area contributed by atoms with E-state index in [9.17, 15) is 18.0 Å². The SMILES string of the molecule is NCCCONC(=O)C1CC[C@@H]2CN1C(=O)N2OS(=O)(=O)O. The molecule has 2 bridgehead atoms. The lowest BCUT2D eigenvalue weighted by molar-refractivity contribution is -0.138. The van der Waals surface area contributed by atoms with Crippen LogP contribution in [-0.2, 0) is 24.3 Å². The number of amides is 3. The number of urea groups is 1. The largest absolute Gasteiger partial charge is 0.418 e. The molecule has 2 fully saturated rings. The van der Waals surface area contributed by atoms with Crippen molar-refractivity contribution in [3.05, 3.63) is 0 Å². The molecule has 1 unspecified atom stereocenters. The molecule has 0 aliphatic carbocycles. The molecular formula is C10H18N4O7S. The van der Waals surface area contributed by atoms with E-state index in [1.165, 1.54) is 4.90 Å². The standard InChI is InChI=1S/C10H18N4O7S/c11-4-1-5-20-12-9(15)8-3-2-7-6-13(8)10(16)14(7)21-22(17,18)19/h7-8H,1-6,11H2,(H,12,15)(H,17,18,19)/t7-,8?/m1/s1. The quantitative estimate of drug-likeness (QED) is 0.285. The zero-order chi connectivity index (χ0) is 16.3. The Labute approximate surface area is 127 Å². The van der Waals surface area contributed by atoms with Crippen LogP contribution in [-0.4, -0.2) is 66.7 Å². The lowest BCUT2D eigenvalue weighted by Gasteiger charge is -2.28. The van der Waals surface area contributed by atoms with Gasteiger partial charge >= 0.3 is 16.4 Å². The van der Waals surface area contributed by atoms with E-state index in [4.69, 9.17) is 15.1 Å². The summed E-state index contributed by atoms with van der Waals surface area (Å²) in [5.41, 5.74) is 7.52. The number of fused-ring (bicyclic) bond motifs is 2. The molecule has 3 amide bonds. The number of hydrogen-bond acceptors (Lipinski definition) is 7. The van der Waals surface area contributed by atoms with E-state index >= 15 is 0 Å². The highest BCUT2D eigenvalue weighted by Gasteiger charge is 2.49. The lowest BCUT2D eigenvalue weighted by atomic mass is 10.0. The number of hydrogen-bond donors (Lipinski definition) is 3. The molecule has 0 radical (unpaired) electrons. The first-order valence-electron chi connectivity index (χ1n) is 6.72. The third-order valence-electron chi connectivity index (χ3n) is 3.42. The molecule has 11 nitrogen and oxygen atoms in total. The Kier molecular flexibility index (Phi) is 5.18. The van der Waals surface area contributed by atoms with Crippen molar-refractivity contribution in [1.29, 1.82) is 0 Å². The van der Waals surface area contributed by atoms with Crippen LogP contribution in [0.2, 0.25) is 0 Å². The van der Waals surface area contributed by atoms with Gasteiger partial charge in [-0.05, 0) is 25.8 Å². The van der Waals surface area contributed by atoms with Gasteiger partial charge in [-0.15, -0.1) is 4.28 Å². The Morgan fingerprint density at radius 3 is 2.82 bits per heavy atom. The van der Waals surface area contributed by atoms with Gasteiger partial charge in [0.2, 0.25) is 0 Å². The number of nitrogens with zero attached hydrogens (tertiary/aromatic N) is 2. The first-order valence-corrected chi connectivity index (χ1v) is 8.08. The Balaban J connectivity index is 1.95. The maximum atomic E-state index is 12.1. The van der Waals surface area contributed by atoms with Crippen molar-refractivity contribution in [3.8, 4) is 0 Å². The van der Waals surface area contributed by atoms with Gasteiger partial charge in [-0.2, -0.15) is 13.5 Å². The zero-order valence-electron chi connectivity index (χ0n) is 11.7. The summed E-state index contributed by atoms with van der Waals surface area (Å²) in [5.74, 6) is -0.502. The normalized spacial score (nSPS) is 24.7. The summed E-state index contributed by atoms with van der Waals surface area (Å²) in [6.45, 7) is 0.812. The minimum atomic E-state index is -4.80. The topological polar surface area (TPSA) is 151 Å². The molecule has 126 valence electrons. The lowest BCUT2D eigenvalue weighted by Crippen LogP contribution is -2.49. The second-order valence-electron chi connectivity index (χ2n) is 4.97. The van der Waals surface area contributed by atoms with E-state index in [0.717, 1.165) is 0 Å². The van der Waals surface area contributed by atoms with Gasteiger partial charge in [0, 0.05) is 6.54 Å². The molecular weight excluding hydrogens is 320 g/mol. The molecule has 2 aliphatic heterocycles. The van der Waals surface area contributed by atoms with E-state index in [1.54, 1.807) is 0 Å². The molecule has 0 aromatic rings. The molecule has 0 aromatic carbocycles. The van der Waals surface area contributed by atoms with Crippen LogP contribution in [0.5, 0.6) is 0 Å². The van der Waals surface area contributed by atoms with Gasteiger partial charge in [0.05, 0.1) is 12.6 Å². The van der Waals surface area contributed by atoms with E-state index in [2.05, 4.69) is 9.76 Å². The van der Waals surface area contributed by atoms with E-state index in [-0.39, 0.29) is 13.2 Å². The summed E-state index contributed by atoms with van der Waals surface area (Å²) in [7, 11) is -4.80. The Bertz CT molecular complexity index is 539. The van der Waals surface area contributed by atoms with Crippen LogP contribution >= 0.6 is 0 Å². The molecule has 12 heteroatoms. The van der Waals surface area contributed by atoms with E-state index in [0.29, 0.717) is 30.9 Å². The molecule has 0 spiro atoms. The molecule has 0 saturated carbocycles. The van der Waals surface area contributed by atoms with Crippen molar-refractivity contribution in [2.75, 3.05) is 19.7 Å². The highest BCUT2D eigenvalue weighted by atomic mass is 32.3. The second-order valence-corrected chi connectivity index (χ2v) is 5.97. The van der Waals surface area contributed by atoms with E-state index in [1.807, 2.05) is 0 Å². The number of carbonyl (C=O) groups is 2. The molecule has 2 aliphatic rings. The van der Waals surface area contributed by atoms with Gasteiger partial charge in [0.1, 0.15) is 6.04 Å². The molecule has 4 N–H and O–H groups in total. The predicted molar refractivity (Wildman–Crippen MR) is 71.2 cm³/mol. The molecule has 2 saturated heterocycles. The second kappa shape index (κ2) is 6.75. The van der Waals surface area contributed by atoms with Crippen molar-refractivity contribution in [2.24, 2.45) is 5.73 Å². The van der Waals surface area contributed by atoms with Crippen molar-refractivity contribution in [2.45, 2.75) is 31.3 Å². The van der Waals surface area contributed by atoms with Crippen LogP contribution < -0.4 is 11.2 Å². The first kappa shape index (κ1) is 16.9. The van der Waals surface area contributed by atoms with Crippen molar-refractivity contribution in [3.63, 3.8) is 0 Å². The summed E-state index contributed by atoms with van der Waals surface area (Å²) in [4.78, 5) is 30.2. The number of nitrogens with one attached hydrogen (secondary N) is 1. The molecule has 22 heavy (non-hydrogen) atoms. The number of carbonyl (C=O) groups excluding carboxylic acids is 2. The molecule has 2 heterocycles. The number of rotatable bonds is 7. The maximum Gasteiger partial charge on any atom is 0.418 e. The van der Waals surface area contributed by atoms with Crippen LogP contribution in [0.4, 0.5) is 4.79 Å². The van der Waals surface area contributed by atoms with Crippen molar-refractivity contribution >= 4 is 22.3 Å². The van der Waals surface area contributed by atoms with Gasteiger partial charge < -0.3 is 10.6 Å². The third-order valence-corrected chi connectivity index (χ3v) is 3.77. The molecule has 0 aromatic heterocycles. The Morgan fingerprint density at radius 1 is 1.45 bits per heavy atom. The summed E-state index contributed by atoms with van der Waals surface area (Å²) in [6, 6.07) is -2.10. The minimum Gasteiger partial charge on any atom is -0.330 e. The summed E-state index contributed by atoms with van der Waals surface area (Å²) >= 11 is 0. The Hall–Kier alpha value is -1.47. The summed E-state index contributed by atoms with van der Waals surface area (Å²) in [5, 5.41) is 0.581. The highest BCUT2D eigenvalue weighted by Crippen LogP contribution is 2.30. The Morgan fingerprint density at radius 2 is 2.18 bits per heavy atom. The number of hydroxylamine groups is 3. The maximum absolute atomic E-state index is 12.1. The number of piperidine rings is 1. The van der Waals surface area contributed by atoms with Gasteiger partial charge in [-0.25, -0.2) is 10.3 Å². The first-order chi connectivity index (χ1) is 10.3. The predicted octanol–water partition coefficient (Wildman–Crippen LogP) is -1.61. The molecule has 2 rings (SSSR count). The smallest absolute Gasteiger partial charge is 0.330 e. The van der Waals surface area contributed by atoms with Crippen molar-refractivity contribution in [1.82, 2.24) is 15.4 Å².